The standard InChI is InChI=1S/C48H46N2/c1-4-12-35(13-5-1)37-20-27-42(28-21-37)49(43-29-22-38(23-30-43)36-14-6-2-7-15-36)44-31-24-39(25-32-44)40-26-33-48-46(34-40)45-18-10-11-19-47(45)50(48)41-16-8-3-9-17-41/h3,8-11,16-36H,1-2,4-7,12-15H2. The fraction of sp³-hybridized carbons (Fsp3) is 0.250. The SMILES string of the molecule is c1ccc(-n2c3ccccc3c3cc(-c4ccc(N(c5ccc(C6CCCCC6)cc5)c5ccc(C6CCCCC6)cc5)cc4)ccc32)cc1. The van der Waals surface area contributed by atoms with E-state index in [0.717, 1.165) is 0 Å². The van der Waals surface area contributed by atoms with E-state index in [-0.39, 0.29) is 0 Å². The van der Waals surface area contributed by atoms with Crippen molar-refractivity contribution in [2.75, 3.05) is 4.90 Å². The van der Waals surface area contributed by atoms with Gasteiger partial charge in [0.05, 0.1) is 11.0 Å². The van der Waals surface area contributed by atoms with Gasteiger partial charge in [0, 0.05) is 33.5 Å². The first kappa shape index (κ1) is 30.9. The molecule has 0 saturated heterocycles. The molecule has 2 saturated carbocycles. The van der Waals surface area contributed by atoms with Gasteiger partial charge in [0.2, 0.25) is 0 Å². The Morgan fingerprint density at radius 2 is 0.880 bits per heavy atom. The molecular weight excluding hydrogens is 605 g/mol. The third-order valence-corrected chi connectivity index (χ3v) is 11.6. The molecule has 2 aliphatic carbocycles. The summed E-state index contributed by atoms with van der Waals surface area (Å²) in [6.45, 7) is 0. The van der Waals surface area contributed by atoms with Crippen LogP contribution in [0.3, 0.4) is 0 Å². The van der Waals surface area contributed by atoms with Gasteiger partial charge < -0.3 is 9.47 Å². The van der Waals surface area contributed by atoms with Crippen LogP contribution in [0, 0.1) is 0 Å². The van der Waals surface area contributed by atoms with Crippen molar-refractivity contribution >= 4 is 38.9 Å². The Balaban J connectivity index is 1.07. The zero-order chi connectivity index (χ0) is 33.3. The van der Waals surface area contributed by atoms with E-state index in [9.17, 15) is 0 Å². The highest BCUT2D eigenvalue weighted by Gasteiger charge is 2.20. The van der Waals surface area contributed by atoms with E-state index in [0.29, 0.717) is 11.8 Å². The molecule has 0 aliphatic heterocycles. The van der Waals surface area contributed by atoms with Crippen LogP contribution in [0.5, 0.6) is 0 Å². The Hall–Kier alpha value is -5.08. The van der Waals surface area contributed by atoms with Gasteiger partial charge in [-0.25, -0.2) is 0 Å². The van der Waals surface area contributed by atoms with Gasteiger partial charge in [-0.2, -0.15) is 0 Å². The average Bonchev–Trinajstić information content (AvgIpc) is 3.53. The Morgan fingerprint density at radius 3 is 1.46 bits per heavy atom. The van der Waals surface area contributed by atoms with Crippen LogP contribution in [0.25, 0.3) is 38.6 Å². The van der Waals surface area contributed by atoms with Crippen LogP contribution in [0.2, 0.25) is 0 Å². The minimum absolute atomic E-state index is 0.708. The monoisotopic (exact) mass is 650 g/mol. The van der Waals surface area contributed by atoms with Crippen LogP contribution in [0.1, 0.15) is 87.2 Å². The van der Waals surface area contributed by atoms with Gasteiger partial charge in [0.25, 0.3) is 0 Å². The number of hydrogen-bond donors (Lipinski definition) is 0. The third-order valence-electron chi connectivity index (χ3n) is 11.6. The highest BCUT2D eigenvalue weighted by Crippen LogP contribution is 2.41. The molecule has 1 aromatic heterocycles. The molecule has 0 amide bonds. The van der Waals surface area contributed by atoms with Crippen LogP contribution in [-0.2, 0) is 0 Å². The van der Waals surface area contributed by atoms with Crippen molar-refractivity contribution in [3.63, 3.8) is 0 Å². The molecule has 0 atom stereocenters. The summed E-state index contributed by atoms with van der Waals surface area (Å²) < 4.78 is 2.38. The first-order chi connectivity index (χ1) is 24.8. The molecule has 9 rings (SSSR count). The molecular formula is C48H46N2. The van der Waals surface area contributed by atoms with Crippen molar-refractivity contribution in [1.29, 1.82) is 0 Å². The molecule has 1 heterocycles. The lowest BCUT2D eigenvalue weighted by molar-refractivity contribution is 0.443. The van der Waals surface area contributed by atoms with Gasteiger partial charge in [0.1, 0.15) is 0 Å². The predicted octanol–water partition coefficient (Wildman–Crippen LogP) is 14.0. The van der Waals surface area contributed by atoms with E-state index in [2.05, 4.69) is 155 Å². The maximum Gasteiger partial charge on any atom is 0.0541 e. The molecule has 0 radical (unpaired) electrons. The van der Waals surface area contributed by atoms with Gasteiger partial charge in [0.15, 0.2) is 0 Å². The van der Waals surface area contributed by atoms with Crippen molar-refractivity contribution in [2.24, 2.45) is 0 Å². The smallest absolute Gasteiger partial charge is 0.0541 e. The maximum absolute atomic E-state index is 2.44. The van der Waals surface area contributed by atoms with Crippen LogP contribution >= 0.6 is 0 Å². The highest BCUT2D eigenvalue weighted by molar-refractivity contribution is 6.10. The highest BCUT2D eigenvalue weighted by atomic mass is 15.1. The van der Waals surface area contributed by atoms with Crippen molar-refractivity contribution in [2.45, 2.75) is 76.0 Å². The van der Waals surface area contributed by atoms with E-state index in [4.69, 9.17) is 0 Å². The zero-order valence-corrected chi connectivity index (χ0v) is 29.0. The summed E-state index contributed by atoms with van der Waals surface area (Å²) in [7, 11) is 0. The second-order valence-electron chi connectivity index (χ2n) is 14.7. The summed E-state index contributed by atoms with van der Waals surface area (Å²) in [4.78, 5) is 2.44. The first-order valence-electron chi connectivity index (χ1n) is 19.0. The molecule has 6 aromatic carbocycles. The summed E-state index contributed by atoms with van der Waals surface area (Å²) in [5, 5.41) is 2.56. The van der Waals surface area contributed by atoms with Crippen LogP contribution in [-0.4, -0.2) is 4.57 Å². The zero-order valence-electron chi connectivity index (χ0n) is 29.0. The van der Waals surface area contributed by atoms with Gasteiger partial charge in [-0.05, 0) is 127 Å². The number of aromatic nitrogens is 1. The van der Waals surface area contributed by atoms with E-state index >= 15 is 0 Å². The lowest BCUT2D eigenvalue weighted by atomic mass is 9.84. The number of hydrogen-bond acceptors (Lipinski definition) is 1. The summed E-state index contributed by atoms with van der Waals surface area (Å²) in [6, 6.07) is 54.6. The molecule has 0 bridgehead atoms. The topological polar surface area (TPSA) is 8.17 Å². The first-order valence-corrected chi connectivity index (χ1v) is 19.0. The largest absolute Gasteiger partial charge is 0.311 e. The quantitative estimate of drug-likeness (QED) is 0.167. The molecule has 2 aliphatic rings. The maximum atomic E-state index is 2.44. The molecule has 0 N–H and O–H groups in total. The summed E-state index contributed by atoms with van der Waals surface area (Å²) in [6.07, 6.45) is 13.5. The Labute approximate surface area is 297 Å². The summed E-state index contributed by atoms with van der Waals surface area (Å²) in [5.74, 6) is 1.42. The molecule has 2 heteroatoms. The lowest BCUT2D eigenvalue weighted by Crippen LogP contribution is -2.11. The number of nitrogens with zero attached hydrogens (tertiary/aromatic N) is 2. The van der Waals surface area contributed by atoms with E-state index in [1.54, 1.807) is 0 Å². The minimum Gasteiger partial charge on any atom is -0.311 e. The Bertz CT molecular complexity index is 2130. The Kier molecular flexibility index (Phi) is 8.46. The van der Waals surface area contributed by atoms with Crippen molar-refractivity contribution in [3.05, 3.63) is 157 Å². The van der Waals surface area contributed by atoms with Crippen LogP contribution < -0.4 is 4.90 Å². The number of fused-ring (bicyclic) bond motifs is 3. The van der Waals surface area contributed by atoms with Crippen LogP contribution in [0.15, 0.2) is 146 Å². The minimum atomic E-state index is 0.708. The van der Waals surface area contributed by atoms with Crippen molar-refractivity contribution in [3.8, 4) is 16.8 Å². The second-order valence-corrected chi connectivity index (χ2v) is 14.7. The Morgan fingerprint density at radius 1 is 0.400 bits per heavy atom. The number of rotatable bonds is 7. The van der Waals surface area contributed by atoms with E-state index < -0.39 is 0 Å². The molecule has 2 fully saturated rings. The molecule has 2 nitrogen and oxygen atoms in total. The molecule has 248 valence electrons. The van der Waals surface area contributed by atoms with Gasteiger partial charge >= 0.3 is 0 Å². The van der Waals surface area contributed by atoms with E-state index in [1.165, 1.54) is 131 Å². The normalized spacial score (nSPS) is 15.8. The van der Waals surface area contributed by atoms with Gasteiger partial charge in [-0.3, -0.25) is 0 Å². The summed E-state index contributed by atoms with van der Waals surface area (Å²) >= 11 is 0. The second kappa shape index (κ2) is 13.7. The predicted molar refractivity (Wildman–Crippen MR) is 213 cm³/mol. The van der Waals surface area contributed by atoms with Gasteiger partial charge in [-0.1, -0.05) is 117 Å². The number of para-hydroxylation sites is 2. The molecule has 50 heavy (non-hydrogen) atoms. The molecule has 0 spiro atoms. The number of benzene rings is 6. The van der Waals surface area contributed by atoms with Gasteiger partial charge in [-0.15, -0.1) is 0 Å². The lowest BCUT2D eigenvalue weighted by Gasteiger charge is -2.28. The van der Waals surface area contributed by atoms with Crippen LogP contribution in [0.4, 0.5) is 17.1 Å². The van der Waals surface area contributed by atoms with E-state index in [1.807, 2.05) is 0 Å². The average molecular weight is 651 g/mol. The fourth-order valence-electron chi connectivity index (χ4n) is 8.92. The van der Waals surface area contributed by atoms with Crippen molar-refractivity contribution < 1.29 is 0 Å². The fourth-order valence-corrected chi connectivity index (χ4v) is 8.92. The third kappa shape index (κ3) is 5.92. The number of anilines is 3. The molecule has 0 unspecified atom stereocenters. The summed E-state index contributed by atoms with van der Waals surface area (Å²) in [5.41, 5.74) is 12.8. The van der Waals surface area contributed by atoms with Crippen molar-refractivity contribution in [1.82, 2.24) is 4.57 Å². The molecule has 7 aromatic rings.